The minimum Gasteiger partial charge on any atom is -0.293 e. The first kappa shape index (κ1) is 17.8. The summed E-state index contributed by atoms with van der Waals surface area (Å²) in [6, 6.07) is 6.04. The first-order valence-electron chi connectivity index (χ1n) is 8.47. The lowest BCUT2D eigenvalue weighted by molar-refractivity contribution is -0.111. The van der Waals surface area contributed by atoms with Gasteiger partial charge in [-0.2, -0.15) is 0 Å². The maximum atomic E-state index is 13.1. The largest absolute Gasteiger partial charge is 0.293 e. The number of nitrogens with zero attached hydrogens (tertiary/aromatic N) is 1. The molecular formula is C20H28FNO. The van der Waals surface area contributed by atoms with Crippen LogP contribution in [0.4, 0.5) is 4.39 Å². The molecule has 1 aromatic rings. The van der Waals surface area contributed by atoms with Crippen molar-refractivity contribution < 1.29 is 9.18 Å². The minimum atomic E-state index is -0.298. The third-order valence-corrected chi connectivity index (χ3v) is 5.12. The van der Waals surface area contributed by atoms with Crippen LogP contribution >= 0.6 is 0 Å². The summed E-state index contributed by atoms with van der Waals surface area (Å²) in [5.41, 5.74) is 1.31. The molecule has 0 amide bonds. The Kier molecular flexibility index (Phi) is 5.07. The molecule has 1 aliphatic rings. The van der Waals surface area contributed by atoms with Crippen molar-refractivity contribution in [2.75, 3.05) is 0 Å². The Morgan fingerprint density at radius 2 is 1.70 bits per heavy atom. The van der Waals surface area contributed by atoms with E-state index < -0.39 is 0 Å². The minimum absolute atomic E-state index is 0.0595. The zero-order chi connectivity index (χ0) is 17.3. The Balaban J connectivity index is 2.23. The van der Waals surface area contributed by atoms with Gasteiger partial charge in [-0.05, 0) is 68.2 Å². The number of hydrogen-bond donors (Lipinski definition) is 0. The van der Waals surface area contributed by atoms with Gasteiger partial charge in [-0.3, -0.25) is 9.79 Å². The molecule has 3 heteroatoms. The molecule has 0 N–H and O–H groups in total. The van der Waals surface area contributed by atoms with E-state index in [0.717, 1.165) is 25.7 Å². The monoisotopic (exact) mass is 317 g/mol. The predicted molar refractivity (Wildman–Crippen MR) is 93.4 cm³/mol. The van der Waals surface area contributed by atoms with Crippen molar-refractivity contribution in [3.63, 3.8) is 0 Å². The molecule has 0 heterocycles. The summed E-state index contributed by atoms with van der Waals surface area (Å²) in [5, 5.41) is 0. The quantitative estimate of drug-likeness (QED) is 0.705. The summed E-state index contributed by atoms with van der Waals surface area (Å²) >= 11 is 0. The van der Waals surface area contributed by atoms with Crippen molar-refractivity contribution in [1.29, 1.82) is 0 Å². The highest BCUT2D eigenvalue weighted by molar-refractivity contribution is 6.45. The van der Waals surface area contributed by atoms with Crippen LogP contribution in [0.15, 0.2) is 29.3 Å². The Morgan fingerprint density at radius 1 is 1.17 bits per heavy atom. The standard InChI is InChI=1S/C20H28FNO/c1-14(23)18(15-6-8-17(21)9-7-15)22-20(5)12-10-16(11-13-20)19(2,3)4/h6-9,16H,10-13H2,1-5H3. The highest BCUT2D eigenvalue weighted by Crippen LogP contribution is 2.42. The lowest BCUT2D eigenvalue weighted by Gasteiger charge is -2.40. The summed E-state index contributed by atoms with van der Waals surface area (Å²) in [6.07, 6.45) is 4.26. The Morgan fingerprint density at radius 3 is 2.13 bits per heavy atom. The van der Waals surface area contributed by atoms with E-state index in [0.29, 0.717) is 22.6 Å². The third kappa shape index (κ3) is 4.49. The van der Waals surface area contributed by atoms with Gasteiger partial charge in [-0.15, -0.1) is 0 Å². The molecule has 1 aromatic carbocycles. The van der Waals surface area contributed by atoms with E-state index in [4.69, 9.17) is 4.99 Å². The van der Waals surface area contributed by atoms with Gasteiger partial charge < -0.3 is 0 Å². The topological polar surface area (TPSA) is 29.4 Å². The van der Waals surface area contributed by atoms with Crippen LogP contribution in [0.25, 0.3) is 0 Å². The predicted octanol–water partition coefficient (Wildman–Crippen LogP) is 5.20. The zero-order valence-electron chi connectivity index (χ0n) is 14.9. The fourth-order valence-electron chi connectivity index (χ4n) is 3.44. The van der Waals surface area contributed by atoms with Gasteiger partial charge in [0.05, 0.1) is 5.54 Å². The summed E-state index contributed by atoms with van der Waals surface area (Å²) < 4.78 is 13.1. The van der Waals surface area contributed by atoms with E-state index >= 15 is 0 Å². The highest BCUT2D eigenvalue weighted by Gasteiger charge is 2.36. The van der Waals surface area contributed by atoms with E-state index in [1.807, 2.05) is 0 Å². The van der Waals surface area contributed by atoms with Gasteiger partial charge in [-0.25, -0.2) is 4.39 Å². The number of Topliss-reactive ketones (excluding diaryl/α,β-unsaturated/α-hetero) is 1. The van der Waals surface area contributed by atoms with Crippen LogP contribution < -0.4 is 0 Å². The second kappa shape index (κ2) is 6.54. The molecular weight excluding hydrogens is 289 g/mol. The first-order valence-corrected chi connectivity index (χ1v) is 8.47. The average Bonchev–Trinajstić information content (AvgIpc) is 2.45. The van der Waals surface area contributed by atoms with Gasteiger partial charge in [-0.1, -0.05) is 20.8 Å². The fourth-order valence-corrected chi connectivity index (χ4v) is 3.44. The van der Waals surface area contributed by atoms with E-state index in [2.05, 4.69) is 27.7 Å². The molecule has 0 aromatic heterocycles. The number of benzene rings is 1. The van der Waals surface area contributed by atoms with Crippen LogP contribution in [-0.2, 0) is 4.79 Å². The van der Waals surface area contributed by atoms with Crippen molar-refractivity contribution in [3.8, 4) is 0 Å². The van der Waals surface area contributed by atoms with Crippen LogP contribution in [0.3, 0.4) is 0 Å². The maximum absolute atomic E-state index is 13.1. The molecule has 23 heavy (non-hydrogen) atoms. The van der Waals surface area contributed by atoms with Crippen LogP contribution in [0, 0.1) is 17.2 Å². The number of ketones is 1. The van der Waals surface area contributed by atoms with Gasteiger partial charge in [0.2, 0.25) is 0 Å². The summed E-state index contributed by atoms with van der Waals surface area (Å²) in [6.45, 7) is 10.6. The fraction of sp³-hybridized carbons (Fsp3) is 0.600. The molecule has 0 aliphatic heterocycles. The molecule has 126 valence electrons. The molecule has 1 fully saturated rings. The molecule has 1 aliphatic carbocycles. The molecule has 0 bridgehead atoms. The number of halogens is 1. The Hall–Kier alpha value is -1.51. The molecule has 0 radical (unpaired) electrons. The smallest absolute Gasteiger partial charge is 0.178 e. The van der Waals surface area contributed by atoms with E-state index in [-0.39, 0.29) is 17.1 Å². The zero-order valence-corrected chi connectivity index (χ0v) is 14.9. The third-order valence-electron chi connectivity index (χ3n) is 5.12. The molecule has 0 unspecified atom stereocenters. The number of hydrogen-bond acceptors (Lipinski definition) is 2. The maximum Gasteiger partial charge on any atom is 0.178 e. The van der Waals surface area contributed by atoms with Crippen molar-refractivity contribution in [3.05, 3.63) is 35.6 Å². The lowest BCUT2D eigenvalue weighted by atomic mass is 9.68. The first-order chi connectivity index (χ1) is 10.6. The van der Waals surface area contributed by atoms with Crippen LogP contribution in [0.1, 0.15) is 65.9 Å². The lowest BCUT2D eigenvalue weighted by Crippen LogP contribution is -2.35. The van der Waals surface area contributed by atoms with Gasteiger partial charge in [0.15, 0.2) is 5.78 Å². The SMILES string of the molecule is CC(=O)C(=NC1(C)CCC(C(C)(C)C)CC1)c1ccc(F)cc1. The summed E-state index contributed by atoms with van der Waals surface area (Å²) in [7, 11) is 0. The number of rotatable bonds is 3. The van der Waals surface area contributed by atoms with Crippen LogP contribution in [-0.4, -0.2) is 17.0 Å². The second-order valence-electron chi connectivity index (χ2n) is 8.16. The number of aliphatic imine (C=N–C) groups is 1. The van der Waals surface area contributed by atoms with Gasteiger partial charge >= 0.3 is 0 Å². The Labute approximate surface area is 139 Å². The van der Waals surface area contributed by atoms with Crippen molar-refractivity contribution >= 4 is 11.5 Å². The summed E-state index contributed by atoms with van der Waals surface area (Å²) in [5.74, 6) is 0.349. The summed E-state index contributed by atoms with van der Waals surface area (Å²) in [4.78, 5) is 16.9. The van der Waals surface area contributed by atoms with Gasteiger partial charge in [0, 0.05) is 12.5 Å². The molecule has 0 saturated heterocycles. The number of carbonyl (C=O) groups is 1. The molecule has 0 atom stereocenters. The van der Waals surface area contributed by atoms with Gasteiger partial charge in [0.1, 0.15) is 11.5 Å². The van der Waals surface area contributed by atoms with Crippen LogP contribution in [0.2, 0.25) is 0 Å². The highest BCUT2D eigenvalue weighted by atomic mass is 19.1. The van der Waals surface area contributed by atoms with Gasteiger partial charge in [0.25, 0.3) is 0 Å². The van der Waals surface area contributed by atoms with Crippen molar-refractivity contribution in [2.24, 2.45) is 16.3 Å². The molecule has 2 rings (SSSR count). The van der Waals surface area contributed by atoms with Crippen LogP contribution in [0.5, 0.6) is 0 Å². The Bertz CT molecular complexity index is 587. The van der Waals surface area contributed by atoms with E-state index in [1.165, 1.54) is 19.1 Å². The van der Waals surface area contributed by atoms with E-state index in [9.17, 15) is 9.18 Å². The molecule has 1 saturated carbocycles. The molecule has 0 spiro atoms. The molecule has 2 nitrogen and oxygen atoms in total. The van der Waals surface area contributed by atoms with Crippen molar-refractivity contribution in [1.82, 2.24) is 0 Å². The average molecular weight is 317 g/mol. The number of carbonyl (C=O) groups excluding carboxylic acids is 1. The second-order valence-corrected chi connectivity index (χ2v) is 8.16. The normalized spacial score (nSPS) is 26.2. The van der Waals surface area contributed by atoms with E-state index in [1.54, 1.807) is 12.1 Å². The van der Waals surface area contributed by atoms with Crippen molar-refractivity contribution in [2.45, 2.75) is 65.8 Å².